The fourth-order valence-corrected chi connectivity index (χ4v) is 2.83. The normalized spacial score (nSPS) is 21.1. The van der Waals surface area contributed by atoms with E-state index in [0.717, 1.165) is 12.8 Å². The minimum atomic E-state index is -0.260. The Morgan fingerprint density at radius 1 is 1.23 bits per heavy atom. The first-order chi connectivity index (χ1) is 10.5. The molecule has 1 aliphatic carbocycles. The van der Waals surface area contributed by atoms with Crippen LogP contribution in [-0.4, -0.2) is 59.2 Å². The van der Waals surface area contributed by atoms with Gasteiger partial charge in [0.25, 0.3) is 0 Å². The van der Waals surface area contributed by atoms with Gasteiger partial charge in [0.15, 0.2) is 0 Å². The first-order valence-electron chi connectivity index (χ1n) is 7.45. The predicted molar refractivity (Wildman–Crippen MR) is 82.0 cm³/mol. The molecule has 2 N–H and O–H groups in total. The largest absolute Gasteiger partial charge is 0.354 e. The van der Waals surface area contributed by atoms with Crippen molar-refractivity contribution in [3.05, 3.63) is 0 Å². The maximum atomic E-state index is 11.7. The number of hydrogen-bond acceptors (Lipinski definition) is 5. The molecule has 0 spiro atoms. The predicted octanol–water partition coefficient (Wildman–Crippen LogP) is -0.491. The zero-order valence-electron chi connectivity index (χ0n) is 12.6. The van der Waals surface area contributed by atoms with Crippen molar-refractivity contribution in [1.82, 2.24) is 15.5 Å². The Hall–Kier alpha value is -1.57. The fourth-order valence-electron chi connectivity index (χ4n) is 2.17. The number of hydrogen-bond donors (Lipinski definition) is 2. The van der Waals surface area contributed by atoms with Crippen LogP contribution in [-0.2, 0) is 19.2 Å². The Kier molecular flexibility index (Phi) is 5.82. The van der Waals surface area contributed by atoms with Crippen LogP contribution in [0, 0.1) is 5.92 Å². The van der Waals surface area contributed by atoms with Crippen molar-refractivity contribution >= 4 is 35.4 Å². The summed E-state index contributed by atoms with van der Waals surface area (Å²) < 4.78 is 0. The number of nitrogens with one attached hydrogen (secondary N) is 2. The number of amides is 4. The smallest absolute Gasteiger partial charge is 0.232 e. The summed E-state index contributed by atoms with van der Waals surface area (Å²) in [4.78, 5) is 47.5. The summed E-state index contributed by atoms with van der Waals surface area (Å²) in [6.07, 6.45) is 2.34. The molecule has 0 aromatic rings. The van der Waals surface area contributed by atoms with Crippen molar-refractivity contribution < 1.29 is 19.2 Å². The Morgan fingerprint density at radius 3 is 2.50 bits per heavy atom. The molecule has 2 rings (SSSR count). The van der Waals surface area contributed by atoms with Crippen LogP contribution < -0.4 is 10.6 Å². The van der Waals surface area contributed by atoms with Crippen LogP contribution in [0.1, 0.15) is 26.2 Å². The first kappa shape index (κ1) is 16.8. The molecular weight excluding hydrogens is 306 g/mol. The monoisotopic (exact) mass is 327 g/mol. The van der Waals surface area contributed by atoms with Crippen molar-refractivity contribution in [2.24, 2.45) is 5.92 Å². The Balaban J connectivity index is 1.54. The van der Waals surface area contributed by atoms with Gasteiger partial charge in [-0.1, -0.05) is 6.92 Å². The van der Waals surface area contributed by atoms with E-state index in [1.807, 2.05) is 0 Å². The minimum Gasteiger partial charge on any atom is -0.354 e. The molecule has 8 heteroatoms. The lowest BCUT2D eigenvalue weighted by Crippen LogP contribution is -2.39. The Bertz CT molecular complexity index is 479. The molecule has 22 heavy (non-hydrogen) atoms. The van der Waals surface area contributed by atoms with E-state index in [1.54, 1.807) is 6.92 Å². The van der Waals surface area contributed by atoms with Crippen molar-refractivity contribution in [2.45, 2.75) is 32.2 Å². The van der Waals surface area contributed by atoms with Gasteiger partial charge in [0.05, 0.1) is 11.5 Å². The van der Waals surface area contributed by atoms with Crippen molar-refractivity contribution in [3.8, 4) is 0 Å². The van der Waals surface area contributed by atoms with E-state index in [9.17, 15) is 19.2 Å². The highest BCUT2D eigenvalue weighted by atomic mass is 32.2. The molecule has 4 amide bonds. The zero-order valence-corrected chi connectivity index (χ0v) is 13.4. The average Bonchev–Trinajstić information content (AvgIpc) is 3.22. The average molecular weight is 327 g/mol. The number of carbonyl (C=O) groups excluding carboxylic acids is 4. The Labute approximate surface area is 133 Å². The Morgan fingerprint density at radius 2 is 1.91 bits per heavy atom. The van der Waals surface area contributed by atoms with Gasteiger partial charge < -0.3 is 10.6 Å². The van der Waals surface area contributed by atoms with Crippen LogP contribution in [0.25, 0.3) is 0 Å². The van der Waals surface area contributed by atoms with Crippen LogP contribution in [0.15, 0.2) is 0 Å². The summed E-state index contributed by atoms with van der Waals surface area (Å²) in [5.41, 5.74) is 0. The van der Waals surface area contributed by atoms with Crippen molar-refractivity contribution in [1.29, 1.82) is 0 Å². The van der Waals surface area contributed by atoms with Gasteiger partial charge in [-0.3, -0.25) is 24.1 Å². The fraction of sp³-hybridized carbons (Fsp3) is 0.714. The molecule has 1 aliphatic heterocycles. The van der Waals surface area contributed by atoms with Crippen LogP contribution >= 0.6 is 11.8 Å². The van der Waals surface area contributed by atoms with Crippen molar-refractivity contribution in [2.75, 3.05) is 24.6 Å². The summed E-state index contributed by atoms with van der Waals surface area (Å²) in [5.74, 6) is -0.396. The van der Waals surface area contributed by atoms with Crippen LogP contribution in [0.3, 0.4) is 0 Å². The molecule has 0 unspecified atom stereocenters. The molecule has 7 nitrogen and oxygen atoms in total. The summed E-state index contributed by atoms with van der Waals surface area (Å²) in [7, 11) is 0. The summed E-state index contributed by atoms with van der Waals surface area (Å²) in [6, 6.07) is 0.333. The lowest BCUT2D eigenvalue weighted by Gasteiger charge is -2.14. The summed E-state index contributed by atoms with van der Waals surface area (Å²) in [5, 5.41) is 5.50. The quantitative estimate of drug-likeness (QED) is 0.587. The SMILES string of the molecule is C[C@@H]1CC(=O)N(CCNC(=O)CSCC(=O)NC2CC2)C1=O. The molecule has 0 bridgehead atoms. The van der Waals surface area contributed by atoms with Gasteiger partial charge in [-0.15, -0.1) is 11.8 Å². The molecule has 122 valence electrons. The van der Waals surface area contributed by atoms with Crippen LogP contribution in [0.5, 0.6) is 0 Å². The van der Waals surface area contributed by atoms with Gasteiger partial charge in [0.1, 0.15) is 0 Å². The number of likely N-dealkylation sites (tertiary alicyclic amines) is 1. The van der Waals surface area contributed by atoms with E-state index in [-0.39, 0.29) is 60.6 Å². The van der Waals surface area contributed by atoms with Crippen LogP contribution in [0.2, 0.25) is 0 Å². The topological polar surface area (TPSA) is 95.6 Å². The molecule has 1 saturated carbocycles. The lowest BCUT2D eigenvalue weighted by atomic mass is 10.1. The number of carbonyl (C=O) groups is 4. The third-order valence-electron chi connectivity index (χ3n) is 3.54. The number of thioether (sulfide) groups is 1. The maximum absolute atomic E-state index is 11.7. The van der Waals surface area contributed by atoms with Crippen LogP contribution in [0.4, 0.5) is 0 Å². The molecule has 0 aromatic heterocycles. The molecule has 2 fully saturated rings. The molecule has 1 atom stereocenters. The van der Waals surface area contributed by atoms with E-state index < -0.39 is 0 Å². The van der Waals surface area contributed by atoms with Gasteiger partial charge in [0, 0.05) is 31.5 Å². The van der Waals surface area contributed by atoms with E-state index in [1.165, 1.54) is 16.7 Å². The number of imide groups is 1. The first-order valence-corrected chi connectivity index (χ1v) is 8.61. The third kappa shape index (κ3) is 5.01. The highest BCUT2D eigenvalue weighted by Crippen LogP contribution is 2.19. The number of nitrogens with zero attached hydrogens (tertiary/aromatic N) is 1. The zero-order chi connectivity index (χ0) is 16.1. The molecule has 0 radical (unpaired) electrons. The minimum absolute atomic E-state index is 0.0393. The lowest BCUT2D eigenvalue weighted by molar-refractivity contribution is -0.139. The summed E-state index contributed by atoms with van der Waals surface area (Å²) >= 11 is 1.25. The number of rotatable bonds is 8. The molecular formula is C14H21N3O4S. The second-order valence-electron chi connectivity index (χ2n) is 5.67. The third-order valence-corrected chi connectivity index (χ3v) is 4.47. The van der Waals surface area contributed by atoms with Gasteiger partial charge in [0.2, 0.25) is 23.6 Å². The van der Waals surface area contributed by atoms with Gasteiger partial charge in [-0.2, -0.15) is 0 Å². The maximum Gasteiger partial charge on any atom is 0.232 e. The van der Waals surface area contributed by atoms with E-state index in [0.29, 0.717) is 6.04 Å². The van der Waals surface area contributed by atoms with E-state index in [4.69, 9.17) is 0 Å². The second kappa shape index (κ2) is 7.62. The molecule has 0 aromatic carbocycles. The van der Waals surface area contributed by atoms with E-state index >= 15 is 0 Å². The standard InChI is InChI=1S/C14H21N3O4S/c1-9-6-13(20)17(14(9)21)5-4-15-11(18)7-22-8-12(19)16-10-2-3-10/h9-10H,2-8H2,1H3,(H,15,18)(H,16,19)/t9-/m1/s1. The van der Waals surface area contributed by atoms with Gasteiger partial charge in [-0.05, 0) is 12.8 Å². The highest BCUT2D eigenvalue weighted by molar-refractivity contribution is 8.00. The molecule has 1 saturated heterocycles. The second-order valence-corrected chi connectivity index (χ2v) is 6.66. The molecule has 1 heterocycles. The summed E-state index contributed by atoms with van der Waals surface area (Å²) in [6.45, 7) is 2.18. The van der Waals surface area contributed by atoms with Gasteiger partial charge in [-0.25, -0.2) is 0 Å². The molecule has 2 aliphatic rings. The highest BCUT2D eigenvalue weighted by Gasteiger charge is 2.34. The van der Waals surface area contributed by atoms with Crippen molar-refractivity contribution in [3.63, 3.8) is 0 Å². The van der Waals surface area contributed by atoms with E-state index in [2.05, 4.69) is 10.6 Å². The van der Waals surface area contributed by atoms with Gasteiger partial charge >= 0.3 is 0 Å².